The Morgan fingerprint density at radius 2 is 1.95 bits per heavy atom. The van der Waals surface area contributed by atoms with E-state index in [0.29, 0.717) is 11.8 Å². The maximum Gasteiger partial charge on any atom is 0.326 e. The molecule has 1 heterocycles. The number of nitrogens with one attached hydrogen (secondary N) is 1. The lowest BCUT2D eigenvalue weighted by Crippen LogP contribution is -2.42. The fourth-order valence-corrected chi connectivity index (χ4v) is 3.08. The molecule has 0 radical (unpaired) electrons. The van der Waals surface area contributed by atoms with Crippen LogP contribution in [0.2, 0.25) is 0 Å². The largest absolute Gasteiger partial charge is 0.326 e. The lowest BCUT2D eigenvalue weighted by atomic mass is 9.99. The summed E-state index contributed by atoms with van der Waals surface area (Å²) in [5.41, 5.74) is 0.240. The number of hydrogen-bond acceptors (Lipinski definition) is 2. The van der Waals surface area contributed by atoms with Gasteiger partial charge in [0.15, 0.2) is 0 Å². The molecule has 1 atom stereocenters. The molecule has 1 aromatic carbocycles. The third-order valence-corrected chi connectivity index (χ3v) is 4.08. The van der Waals surface area contributed by atoms with Gasteiger partial charge in [0.2, 0.25) is 0 Å². The number of halogens is 4. The smallest absolute Gasteiger partial charge is 0.305 e. The third-order valence-electron chi connectivity index (χ3n) is 3.10. The highest BCUT2D eigenvalue weighted by atomic mass is 32.1. The molecule has 110 valence electrons. The maximum atomic E-state index is 13.8. The fraction of sp³-hybridized carbons (Fsp3) is 0.429. The van der Waals surface area contributed by atoms with Gasteiger partial charge < -0.3 is 5.32 Å². The van der Waals surface area contributed by atoms with Crippen molar-refractivity contribution in [2.45, 2.75) is 31.7 Å². The van der Waals surface area contributed by atoms with Crippen LogP contribution in [-0.2, 0) is 0 Å². The Balaban J connectivity index is 2.45. The number of hydrogen-bond donors (Lipinski definition) is 1. The first-order valence-electron chi connectivity index (χ1n) is 6.34. The minimum atomic E-state index is -4.10. The summed E-state index contributed by atoms with van der Waals surface area (Å²) >= 11 is 1.29. The van der Waals surface area contributed by atoms with Crippen LogP contribution in [0, 0.1) is 0 Å². The summed E-state index contributed by atoms with van der Waals surface area (Å²) < 4.78 is 53.8. The molecule has 0 aliphatic heterocycles. The first kappa shape index (κ1) is 15.3. The van der Waals surface area contributed by atoms with Gasteiger partial charge in [-0.05, 0) is 35.4 Å². The summed E-state index contributed by atoms with van der Waals surface area (Å²) in [6.07, 6.45) is -3.10. The van der Waals surface area contributed by atoms with E-state index in [-0.39, 0.29) is 12.1 Å². The van der Waals surface area contributed by atoms with Gasteiger partial charge in [-0.3, -0.25) is 0 Å². The molecule has 0 saturated carbocycles. The average molecular weight is 305 g/mol. The predicted molar refractivity (Wildman–Crippen MR) is 73.8 cm³/mol. The van der Waals surface area contributed by atoms with Crippen LogP contribution in [0.4, 0.5) is 17.6 Å². The highest BCUT2D eigenvalue weighted by Crippen LogP contribution is 2.41. The van der Waals surface area contributed by atoms with Crippen LogP contribution < -0.4 is 5.32 Å². The Labute approximate surface area is 118 Å². The Morgan fingerprint density at radius 1 is 1.25 bits per heavy atom. The van der Waals surface area contributed by atoms with Crippen molar-refractivity contribution in [3.8, 4) is 0 Å². The van der Waals surface area contributed by atoms with E-state index < -0.39 is 18.4 Å². The van der Waals surface area contributed by atoms with E-state index in [9.17, 15) is 17.6 Å². The van der Waals surface area contributed by atoms with Gasteiger partial charge in [-0.25, -0.2) is 8.78 Å². The van der Waals surface area contributed by atoms with Crippen molar-refractivity contribution in [1.82, 2.24) is 5.32 Å². The van der Waals surface area contributed by atoms with E-state index >= 15 is 0 Å². The zero-order valence-corrected chi connectivity index (χ0v) is 11.7. The summed E-state index contributed by atoms with van der Waals surface area (Å²) in [7, 11) is 0. The zero-order valence-electron chi connectivity index (χ0n) is 10.9. The van der Waals surface area contributed by atoms with E-state index in [1.165, 1.54) is 16.7 Å². The maximum absolute atomic E-state index is 13.8. The Hall–Kier alpha value is -1.14. The van der Waals surface area contributed by atoms with E-state index in [4.69, 9.17) is 0 Å². The fourth-order valence-electron chi connectivity index (χ4n) is 2.09. The van der Waals surface area contributed by atoms with Crippen LogP contribution in [0.1, 0.15) is 24.9 Å². The second kappa shape index (κ2) is 6.10. The average Bonchev–Trinajstić information content (AvgIpc) is 2.83. The van der Waals surface area contributed by atoms with Gasteiger partial charge in [-0.15, -0.1) is 11.3 Å². The van der Waals surface area contributed by atoms with E-state index in [1.54, 1.807) is 31.2 Å². The standard InChI is InChI=1S/C14H15F4NS/c1-2-7-19-12(14(17,18)13(15)16)10-8-20-11-6-4-3-5-9(10)11/h3-6,8,12-13,19H,2,7H2,1H3. The molecule has 20 heavy (non-hydrogen) atoms. The van der Waals surface area contributed by atoms with Crippen molar-refractivity contribution < 1.29 is 17.6 Å². The normalized spacial score (nSPS) is 14.1. The van der Waals surface area contributed by atoms with Crippen LogP contribution >= 0.6 is 11.3 Å². The number of alkyl halides is 4. The summed E-state index contributed by atoms with van der Waals surface area (Å²) in [5.74, 6) is -4.10. The number of benzene rings is 1. The molecule has 1 N–H and O–H groups in total. The summed E-state index contributed by atoms with van der Waals surface area (Å²) in [6.45, 7) is 2.06. The second-order valence-electron chi connectivity index (χ2n) is 4.55. The molecule has 1 aromatic heterocycles. The predicted octanol–water partition coefficient (Wildman–Crippen LogP) is 4.84. The van der Waals surface area contributed by atoms with E-state index in [2.05, 4.69) is 5.32 Å². The molecular weight excluding hydrogens is 290 g/mol. The van der Waals surface area contributed by atoms with Crippen LogP contribution in [0.5, 0.6) is 0 Å². The van der Waals surface area contributed by atoms with Gasteiger partial charge in [0.25, 0.3) is 0 Å². The van der Waals surface area contributed by atoms with Crippen molar-refractivity contribution in [1.29, 1.82) is 0 Å². The van der Waals surface area contributed by atoms with Gasteiger partial charge in [0.1, 0.15) is 6.04 Å². The number of rotatable bonds is 6. The number of fused-ring (bicyclic) bond motifs is 1. The van der Waals surface area contributed by atoms with Crippen molar-refractivity contribution >= 4 is 21.4 Å². The molecule has 0 amide bonds. The van der Waals surface area contributed by atoms with Crippen LogP contribution in [0.15, 0.2) is 29.6 Å². The Kier molecular flexibility index (Phi) is 4.65. The molecule has 0 bridgehead atoms. The molecular formula is C14H15F4NS. The summed E-state index contributed by atoms with van der Waals surface area (Å²) in [5, 5.41) is 4.70. The first-order valence-corrected chi connectivity index (χ1v) is 7.22. The highest BCUT2D eigenvalue weighted by molar-refractivity contribution is 7.17. The monoisotopic (exact) mass is 305 g/mol. The molecule has 2 aromatic rings. The SMILES string of the molecule is CCCNC(c1csc2ccccc12)C(F)(F)C(F)F. The van der Waals surface area contributed by atoms with Gasteiger partial charge in [0, 0.05) is 4.70 Å². The van der Waals surface area contributed by atoms with Gasteiger partial charge in [-0.1, -0.05) is 25.1 Å². The van der Waals surface area contributed by atoms with Crippen LogP contribution in [0.25, 0.3) is 10.1 Å². The molecule has 1 unspecified atom stereocenters. The quantitative estimate of drug-likeness (QED) is 0.753. The molecule has 2 rings (SSSR count). The Bertz CT molecular complexity index is 567. The first-order chi connectivity index (χ1) is 9.48. The number of thiophene rings is 1. The summed E-state index contributed by atoms with van der Waals surface area (Å²) in [6, 6.07) is 5.32. The third kappa shape index (κ3) is 2.81. The van der Waals surface area contributed by atoms with Crippen molar-refractivity contribution in [2.75, 3.05) is 6.54 Å². The topological polar surface area (TPSA) is 12.0 Å². The van der Waals surface area contributed by atoms with Crippen molar-refractivity contribution in [2.24, 2.45) is 0 Å². The van der Waals surface area contributed by atoms with Gasteiger partial charge >= 0.3 is 12.3 Å². The van der Waals surface area contributed by atoms with Crippen molar-refractivity contribution in [3.63, 3.8) is 0 Å². The lowest BCUT2D eigenvalue weighted by Gasteiger charge is -2.27. The molecule has 1 nitrogen and oxygen atoms in total. The van der Waals surface area contributed by atoms with E-state index in [1.807, 2.05) is 0 Å². The molecule has 0 fully saturated rings. The van der Waals surface area contributed by atoms with Gasteiger partial charge in [-0.2, -0.15) is 8.78 Å². The van der Waals surface area contributed by atoms with Crippen LogP contribution in [0.3, 0.4) is 0 Å². The zero-order chi connectivity index (χ0) is 14.8. The molecule has 0 aliphatic carbocycles. The minimum absolute atomic E-state index is 0.240. The highest BCUT2D eigenvalue weighted by Gasteiger charge is 2.49. The molecule has 6 heteroatoms. The van der Waals surface area contributed by atoms with E-state index in [0.717, 1.165) is 4.70 Å². The summed E-state index contributed by atoms with van der Waals surface area (Å²) in [4.78, 5) is 0. The minimum Gasteiger partial charge on any atom is -0.305 e. The lowest BCUT2D eigenvalue weighted by molar-refractivity contribution is -0.151. The van der Waals surface area contributed by atoms with Crippen LogP contribution in [-0.4, -0.2) is 18.9 Å². The van der Waals surface area contributed by atoms with Crippen molar-refractivity contribution in [3.05, 3.63) is 35.2 Å². The molecule has 0 aliphatic rings. The Morgan fingerprint density at radius 3 is 2.60 bits per heavy atom. The second-order valence-corrected chi connectivity index (χ2v) is 5.46. The van der Waals surface area contributed by atoms with Gasteiger partial charge in [0.05, 0.1) is 0 Å². The molecule has 0 saturated heterocycles. The molecule has 0 spiro atoms.